The Morgan fingerprint density at radius 1 is 1.18 bits per heavy atom. The Morgan fingerprint density at radius 3 is 2.68 bits per heavy atom. The van der Waals surface area contributed by atoms with Gasteiger partial charge in [-0.15, -0.1) is 0 Å². The van der Waals surface area contributed by atoms with Crippen LogP contribution >= 0.6 is 0 Å². The van der Waals surface area contributed by atoms with E-state index in [1.807, 2.05) is 0 Å². The average molecular weight is 305 g/mol. The third kappa shape index (κ3) is 5.60. The fourth-order valence-corrected chi connectivity index (χ4v) is 2.74. The molecule has 1 aromatic rings. The second-order valence-corrected chi connectivity index (χ2v) is 5.92. The predicted octanol–water partition coefficient (Wildman–Crippen LogP) is 1.94. The number of carbonyl (C=O) groups excluding carboxylic acids is 1. The lowest BCUT2D eigenvalue weighted by molar-refractivity contribution is 0.0947. The van der Waals surface area contributed by atoms with Crippen LogP contribution < -0.4 is 16.4 Å². The van der Waals surface area contributed by atoms with E-state index in [0.717, 1.165) is 31.1 Å². The summed E-state index contributed by atoms with van der Waals surface area (Å²) in [6.07, 6.45) is 11.6. The molecule has 0 aliphatic heterocycles. The van der Waals surface area contributed by atoms with Crippen LogP contribution in [0.5, 0.6) is 0 Å². The summed E-state index contributed by atoms with van der Waals surface area (Å²) in [4.78, 5) is 20.3. The zero-order chi connectivity index (χ0) is 15.6. The monoisotopic (exact) mass is 305 g/mol. The molecule has 0 radical (unpaired) electrons. The van der Waals surface area contributed by atoms with Crippen LogP contribution in [0, 0.1) is 5.92 Å². The Labute approximate surface area is 132 Å². The van der Waals surface area contributed by atoms with Crippen LogP contribution in [0.1, 0.15) is 55.4 Å². The van der Waals surface area contributed by atoms with Gasteiger partial charge in [-0.3, -0.25) is 4.79 Å². The molecule has 122 valence electrons. The van der Waals surface area contributed by atoms with Crippen molar-refractivity contribution in [3.05, 3.63) is 18.1 Å². The van der Waals surface area contributed by atoms with Crippen molar-refractivity contribution in [1.29, 1.82) is 0 Å². The van der Waals surface area contributed by atoms with Gasteiger partial charge in [0.2, 0.25) is 0 Å². The molecule has 1 aliphatic rings. The van der Waals surface area contributed by atoms with E-state index < -0.39 is 0 Å². The van der Waals surface area contributed by atoms with Gasteiger partial charge in [0.15, 0.2) is 0 Å². The van der Waals surface area contributed by atoms with Crippen LogP contribution in [-0.4, -0.2) is 35.5 Å². The summed E-state index contributed by atoms with van der Waals surface area (Å²) in [7, 11) is 0. The van der Waals surface area contributed by atoms with Gasteiger partial charge in [-0.1, -0.05) is 19.3 Å². The number of carbonyl (C=O) groups is 1. The lowest BCUT2D eigenvalue weighted by Crippen LogP contribution is -2.26. The van der Waals surface area contributed by atoms with Crippen molar-refractivity contribution >= 4 is 11.7 Å². The first kappa shape index (κ1) is 16.7. The molecule has 1 fully saturated rings. The summed E-state index contributed by atoms with van der Waals surface area (Å²) in [5.41, 5.74) is 5.77. The predicted molar refractivity (Wildman–Crippen MR) is 87.7 cm³/mol. The Hall–Kier alpha value is -1.69. The number of nitrogens with two attached hydrogens (primary N) is 1. The molecule has 2 rings (SSSR count). The molecule has 6 nitrogen and oxygen atoms in total. The van der Waals surface area contributed by atoms with Gasteiger partial charge in [-0.2, -0.15) is 0 Å². The van der Waals surface area contributed by atoms with Crippen LogP contribution in [-0.2, 0) is 0 Å². The number of unbranched alkanes of at least 4 members (excludes halogenated alkanes) is 1. The van der Waals surface area contributed by atoms with Gasteiger partial charge in [-0.05, 0) is 38.1 Å². The van der Waals surface area contributed by atoms with Crippen molar-refractivity contribution < 1.29 is 4.79 Å². The second kappa shape index (κ2) is 9.35. The van der Waals surface area contributed by atoms with E-state index in [1.54, 1.807) is 6.20 Å². The minimum Gasteiger partial charge on any atom is -0.369 e. The molecule has 0 aromatic carbocycles. The van der Waals surface area contributed by atoms with Gasteiger partial charge in [0.25, 0.3) is 5.91 Å². The molecule has 0 unspecified atom stereocenters. The summed E-state index contributed by atoms with van der Waals surface area (Å²) in [6, 6.07) is 0. The minimum atomic E-state index is -0.177. The van der Waals surface area contributed by atoms with Crippen molar-refractivity contribution in [2.24, 2.45) is 11.7 Å². The van der Waals surface area contributed by atoms with Crippen molar-refractivity contribution in [1.82, 2.24) is 15.3 Å². The lowest BCUT2D eigenvalue weighted by Gasteiger charge is -2.21. The lowest BCUT2D eigenvalue weighted by atomic mass is 9.89. The van der Waals surface area contributed by atoms with E-state index in [1.165, 1.54) is 38.3 Å². The quantitative estimate of drug-likeness (QED) is 0.638. The third-order valence-corrected chi connectivity index (χ3v) is 4.10. The first-order valence-electron chi connectivity index (χ1n) is 8.34. The minimum absolute atomic E-state index is 0.177. The Kier molecular flexibility index (Phi) is 7.09. The van der Waals surface area contributed by atoms with Crippen molar-refractivity contribution in [3.63, 3.8) is 0 Å². The highest BCUT2D eigenvalue weighted by molar-refractivity contribution is 5.91. The molecule has 1 amide bonds. The van der Waals surface area contributed by atoms with Crippen molar-refractivity contribution in [3.8, 4) is 0 Å². The maximum absolute atomic E-state index is 11.9. The normalized spacial score (nSPS) is 15.5. The molecule has 1 aromatic heterocycles. The molecule has 0 atom stereocenters. The highest BCUT2D eigenvalue weighted by atomic mass is 16.1. The fraction of sp³-hybridized carbons (Fsp3) is 0.688. The maximum atomic E-state index is 11.9. The molecular formula is C16H27N5O. The zero-order valence-corrected chi connectivity index (χ0v) is 13.2. The Balaban J connectivity index is 1.73. The highest BCUT2D eigenvalue weighted by Gasteiger charge is 2.13. The van der Waals surface area contributed by atoms with Gasteiger partial charge in [0.05, 0.1) is 12.4 Å². The Bertz CT molecular complexity index is 442. The molecule has 0 spiro atoms. The van der Waals surface area contributed by atoms with E-state index in [0.29, 0.717) is 18.8 Å². The topological polar surface area (TPSA) is 92.9 Å². The maximum Gasteiger partial charge on any atom is 0.271 e. The summed E-state index contributed by atoms with van der Waals surface area (Å²) in [5.74, 6) is 1.30. The van der Waals surface area contributed by atoms with Crippen LogP contribution in [0.3, 0.4) is 0 Å². The largest absolute Gasteiger partial charge is 0.369 e. The second-order valence-electron chi connectivity index (χ2n) is 5.92. The average Bonchev–Trinajstić information content (AvgIpc) is 2.58. The summed E-state index contributed by atoms with van der Waals surface area (Å²) < 4.78 is 0. The molecule has 0 bridgehead atoms. The highest BCUT2D eigenvalue weighted by Crippen LogP contribution is 2.23. The van der Waals surface area contributed by atoms with E-state index in [2.05, 4.69) is 20.6 Å². The van der Waals surface area contributed by atoms with Crippen LogP contribution in [0.25, 0.3) is 0 Å². The number of anilines is 1. The van der Waals surface area contributed by atoms with E-state index in [9.17, 15) is 4.79 Å². The van der Waals surface area contributed by atoms with E-state index >= 15 is 0 Å². The van der Waals surface area contributed by atoms with Gasteiger partial charge in [-0.25, -0.2) is 9.97 Å². The fourth-order valence-electron chi connectivity index (χ4n) is 2.74. The molecule has 6 heteroatoms. The molecular weight excluding hydrogens is 278 g/mol. The number of hydrogen-bond acceptors (Lipinski definition) is 5. The molecule has 22 heavy (non-hydrogen) atoms. The van der Waals surface area contributed by atoms with Gasteiger partial charge >= 0.3 is 0 Å². The number of nitrogens with one attached hydrogen (secondary N) is 2. The number of amides is 1. The first-order valence-corrected chi connectivity index (χ1v) is 8.34. The summed E-state index contributed by atoms with van der Waals surface area (Å²) in [5, 5.41) is 6.14. The Morgan fingerprint density at radius 2 is 2.00 bits per heavy atom. The summed E-state index contributed by atoms with van der Waals surface area (Å²) >= 11 is 0. The van der Waals surface area contributed by atoms with Crippen LogP contribution in [0.15, 0.2) is 12.4 Å². The SMILES string of the molecule is NCCCCNC(=O)c1cnc(NCC2CCCCC2)cn1. The third-order valence-electron chi connectivity index (χ3n) is 4.10. The standard InChI is InChI=1S/C16H27N5O/c17-8-4-5-9-18-16(22)14-11-21-15(12-19-14)20-10-13-6-2-1-3-7-13/h11-13H,1-10,17H2,(H,18,22)(H,20,21). The van der Waals surface area contributed by atoms with E-state index in [4.69, 9.17) is 5.73 Å². The summed E-state index contributed by atoms with van der Waals surface area (Å²) in [6.45, 7) is 2.22. The molecule has 1 aliphatic carbocycles. The zero-order valence-electron chi connectivity index (χ0n) is 13.2. The van der Waals surface area contributed by atoms with Gasteiger partial charge < -0.3 is 16.4 Å². The number of hydrogen-bond donors (Lipinski definition) is 3. The van der Waals surface area contributed by atoms with Gasteiger partial charge in [0, 0.05) is 13.1 Å². The molecule has 1 heterocycles. The number of aromatic nitrogens is 2. The molecule has 1 saturated carbocycles. The smallest absolute Gasteiger partial charge is 0.271 e. The van der Waals surface area contributed by atoms with Gasteiger partial charge in [0.1, 0.15) is 11.5 Å². The van der Waals surface area contributed by atoms with Crippen molar-refractivity contribution in [2.45, 2.75) is 44.9 Å². The first-order chi connectivity index (χ1) is 10.8. The number of rotatable bonds is 8. The number of nitrogens with zero attached hydrogens (tertiary/aromatic N) is 2. The van der Waals surface area contributed by atoms with Crippen LogP contribution in [0.2, 0.25) is 0 Å². The van der Waals surface area contributed by atoms with E-state index in [-0.39, 0.29) is 5.91 Å². The van der Waals surface area contributed by atoms with Crippen molar-refractivity contribution in [2.75, 3.05) is 25.0 Å². The molecule has 4 N–H and O–H groups in total. The molecule has 0 saturated heterocycles. The van der Waals surface area contributed by atoms with Crippen LogP contribution in [0.4, 0.5) is 5.82 Å².